The molecule has 2 aromatic carbocycles. The molecule has 2 aromatic rings. The average molecular weight is 477 g/mol. The molecule has 176 valence electrons. The molecule has 1 atom stereocenters. The van der Waals surface area contributed by atoms with Crippen LogP contribution in [0.5, 0.6) is 0 Å². The number of esters is 1. The van der Waals surface area contributed by atoms with Gasteiger partial charge in [-0.15, -0.1) is 11.8 Å². The van der Waals surface area contributed by atoms with E-state index in [-0.39, 0.29) is 24.2 Å². The van der Waals surface area contributed by atoms with Crippen LogP contribution in [0.1, 0.15) is 61.7 Å². The van der Waals surface area contributed by atoms with Crippen LogP contribution in [0.25, 0.3) is 5.57 Å². The zero-order valence-electron chi connectivity index (χ0n) is 20.1. The van der Waals surface area contributed by atoms with Crippen molar-refractivity contribution in [2.75, 3.05) is 22.2 Å². The van der Waals surface area contributed by atoms with Crippen molar-refractivity contribution >= 4 is 46.5 Å². The summed E-state index contributed by atoms with van der Waals surface area (Å²) in [4.78, 5) is 42.1. The SMILES string of the molecule is CCOC(=O)c1ccc(N2C(=O)CS[C@@]23C(=O)N2c4c(cc(CC)cc43)C(C)=CC2(C)C)cc1. The molecule has 6 nitrogen and oxygen atoms in total. The first-order chi connectivity index (χ1) is 16.2. The monoisotopic (exact) mass is 476 g/mol. The highest BCUT2D eigenvalue weighted by Crippen LogP contribution is 2.60. The van der Waals surface area contributed by atoms with Gasteiger partial charge in [-0.05, 0) is 81.7 Å². The number of hydrogen-bond acceptors (Lipinski definition) is 5. The molecule has 2 amide bonds. The number of thioether (sulfide) groups is 1. The van der Waals surface area contributed by atoms with E-state index in [2.05, 4.69) is 32.1 Å². The molecule has 7 heteroatoms. The highest BCUT2D eigenvalue weighted by atomic mass is 32.2. The zero-order chi connectivity index (χ0) is 24.4. The minimum Gasteiger partial charge on any atom is -0.462 e. The normalized spacial score (nSPS) is 22.3. The minimum atomic E-state index is -1.17. The van der Waals surface area contributed by atoms with Crippen LogP contribution < -0.4 is 9.80 Å². The Balaban J connectivity index is 1.71. The second kappa shape index (κ2) is 7.73. The third kappa shape index (κ3) is 2.99. The van der Waals surface area contributed by atoms with Crippen LogP contribution >= 0.6 is 11.8 Å². The first kappa shape index (κ1) is 22.7. The van der Waals surface area contributed by atoms with Crippen LogP contribution in [0.2, 0.25) is 0 Å². The molecule has 3 aliphatic rings. The van der Waals surface area contributed by atoms with Gasteiger partial charge in [0.2, 0.25) is 10.8 Å². The van der Waals surface area contributed by atoms with E-state index in [4.69, 9.17) is 4.74 Å². The number of rotatable bonds is 4. The minimum absolute atomic E-state index is 0.101. The van der Waals surface area contributed by atoms with Crippen molar-refractivity contribution in [2.45, 2.75) is 51.4 Å². The third-order valence-corrected chi connectivity index (χ3v) is 8.22. The van der Waals surface area contributed by atoms with Crippen LogP contribution in [0.15, 0.2) is 42.5 Å². The Bertz CT molecular complexity index is 1260. The average Bonchev–Trinajstić information content (AvgIpc) is 3.28. The summed E-state index contributed by atoms with van der Waals surface area (Å²) in [6.07, 6.45) is 2.96. The number of hydrogen-bond donors (Lipinski definition) is 0. The summed E-state index contributed by atoms with van der Waals surface area (Å²) in [7, 11) is 0. The van der Waals surface area contributed by atoms with Gasteiger partial charge in [-0.25, -0.2) is 4.79 Å². The van der Waals surface area contributed by atoms with Crippen LogP contribution in [-0.4, -0.2) is 35.7 Å². The molecular formula is C27H28N2O4S. The predicted molar refractivity (Wildman–Crippen MR) is 135 cm³/mol. The van der Waals surface area contributed by atoms with Gasteiger partial charge in [-0.1, -0.05) is 13.0 Å². The lowest BCUT2D eigenvalue weighted by atomic mass is 9.87. The number of nitrogens with zero attached hydrogens (tertiary/aromatic N) is 2. The summed E-state index contributed by atoms with van der Waals surface area (Å²) in [6, 6.07) is 11.0. The number of anilines is 2. The summed E-state index contributed by atoms with van der Waals surface area (Å²) in [6.45, 7) is 10.3. The summed E-state index contributed by atoms with van der Waals surface area (Å²) in [5.74, 6) is -0.431. The first-order valence-electron chi connectivity index (χ1n) is 11.6. The van der Waals surface area contributed by atoms with E-state index in [0.717, 1.165) is 34.4 Å². The largest absolute Gasteiger partial charge is 0.462 e. The second-order valence-electron chi connectivity index (χ2n) is 9.44. The molecule has 34 heavy (non-hydrogen) atoms. The molecule has 0 saturated carbocycles. The van der Waals surface area contributed by atoms with E-state index in [1.807, 2.05) is 18.7 Å². The number of carbonyl (C=O) groups is 3. The molecule has 0 bridgehead atoms. The fourth-order valence-corrected chi connectivity index (χ4v) is 6.73. The smallest absolute Gasteiger partial charge is 0.338 e. The summed E-state index contributed by atoms with van der Waals surface area (Å²) < 4.78 is 5.09. The quantitative estimate of drug-likeness (QED) is 0.587. The van der Waals surface area contributed by atoms with Crippen molar-refractivity contribution in [1.82, 2.24) is 0 Å². The number of aryl methyl sites for hydroxylation is 1. The third-order valence-electron chi connectivity index (χ3n) is 6.84. The summed E-state index contributed by atoms with van der Waals surface area (Å²) in [5.41, 5.74) is 5.58. The van der Waals surface area contributed by atoms with Crippen LogP contribution in [-0.2, 0) is 25.6 Å². The molecular weight excluding hydrogens is 448 g/mol. The Hall–Kier alpha value is -3.06. The van der Waals surface area contributed by atoms with E-state index in [0.29, 0.717) is 11.3 Å². The van der Waals surface area contributed by atoms with E-state index in [1.54, 1.807) is 36.1 Å². The molecule has 0 radical (unpaired) electrons. The van der Waals surface area contributed by atoms with Crippen molar-refractivity contribution in [3.8, 4) is 0 Å². The molecule has 0 unspecified atom stereocenters. The Morgan fingerprint density at radius 2 is 1.79 bits per heavy atom. The van der Waals surface area contributed by atoms with Crippen molar-refractivity contribution in [1.29, 1.82) is 0 Å². The Labute approximate surface area is 203 Å². The zero-order valence-corrected chi connectivity index (χ0v) is 20.9. The van der Waals surface area contributed by atoms with Crippen molar-refractivity contribution in [3.05, 3.63) is 64.7 Å². The Morgan fingerprint density at radius 1 is 1.09 bits per heavy atom. The highest BCUT2D eigenvalue weighted by Gasteiger charge is 2.64. The van der Waals surface area contributed by atoms with Crippen LogP contribution in [0.3, 0.4) is 0 Å². The second-order valence-corrected chi connectivity index (χ2v) is 10.6. The Morgan fingerprint density at radius 3 is 2.44 bits per heavy atom. The van der Waals surface area contributed by atoms with Gasteiger partial charge < -0.3 is 4.74 Å². The number of ether oxygens (including phenoxy) is 1. The summed E-state index contributed by atoms with van der Waals surface area (Å²) in [5, 5.41) is 0. The molecule has 3 heterocycles. The van der Waals surface area contributed by atoms with Gasteiger partial charge in [-0.2, -0.15) is 0 Å². The number of allylic oxidation sites excluding steroid dienone is 1. The number of carbonyl (C=O) groups excluding carboxylic acids is 3. The number of fused-ring (bicyclic) bond motifs is 1. The summed E-state index contributed by atoms with van der Waals surface area (Å²) >= 11 is 1.38. The van der Waals surface area contributed by atoms with E-state index in [9.17, 15) is 14.4 Å². The van der Waals surface area contributed by atoms with E-state index in [1.165, 1.54) is 11.8 Å². The molecule has 1 spiro atoms. The van der Waals surface area contributed by atoms with E-state index < -0.39 is 16.4 Å². The fourth-order valence-electron chi connectivity index (χ4n) is 5.40. The van der Waals surface area contributed by atoms with Gasteiger partial charge in [0.05, 0.1) is 29.1 Å². The highest BCUT2D eigenvalue weighted by molar-refractivity contribution is 8.02. The van der Waals surface area contributed by atoms with Crippen molar-refractivity contribution in [2.24, 2.45) is 0 Å². The van der Waals surface area contributed by atoms with Gasteiger partial charge in [0.1, 0.15) is 0 Å². The molecule has 1 fully saturated rings. The fraction of sp³-hybridized carbons (Fsp3) is 0.370. The van der Waals surface area contributed by atoms with Gasteiger partial charge in [0, 0.05) is 16.8 Å². The lowest BCUT2D eigenvalue weighted by Gasteiger charge is -2.40. The van der Waals surface area contributed by atoms with Gasteiger partial charge in [0.25, 0.3) is 5.91 Å². The maximum absolute atomic E-state index is 14.3. The number of amides is 2. The standard InChI is InChI=1S/C27H28N2O4S/c1-6-17-12-20-16(3)14-26(4,5)29-23(20)21(13-17)27(25(29)32)28(22(30)15-34-27)19-10-8-18(9-11-19)24(31)33-7-2/h8-14H,6-7,15H2,1-5H3/t27-/m0/s1. The molecule has 0 aromatic heterocycles. The maximum Gasteiger partial charge on any atom is 0.338 e. The Kier molecular flexibility index (Phi) is 5.17. The van der Waals surface area contributed by atoms with Gasteiger partial charge >= 0.3 is 5.97 Å². The lowest BCUT2D eigenvalue weighted by Crippen LogP contribution is -2.54. The van der Waals surface area contributed by atoms with Crippen LogP contribution in [0.4, 0.5) is 11.4 Å². The molecule has 1 saturated heterocycles. The van der Waals surface area contributed by atoms with Crippen molar-refractivity contribution in [3.63, 3.8) is 0 Å². The lowest BCUT2D eigenvalue weighted by molar-refractivity contribution is -0.124. The molecule has 3 aliphatic heterocycles. The first-order valence-corrected chi connectivity index (χ1v) is 12.6. The number of benzene rings is 2. The molecule has 5 rings (SSSR count). The molecule has 0 N–H and O–H groups in total. The van der Waals surface area contributed by atoms with Gasteiger partial charge in [0.15, 0.2) is 0 Å². The van der Waals surface area contributed by atoms with Gasteiger partial charge in [-0.3, -0.25) is 19.4 Å². The maximum atomic E-state index is 14.3. The topological polar surface area (TPSA) is 66.9 Å². The van der Waals surface area contributed by atoms with Crippen LogP contribution in [0, 0.1) is 0 Å². The molecule has 0 aliphatic carbocycles. The van der Waals surface area contributed by atoms with Crippen molar-refractivity contribution < 1.29 is 19.1 Å². The van der Waals surface area contributed by atoms with E-state index >= 15 is 0 Å². The predicted octanol–water partition coefficient (Wildman–Crippen LogP) is 4.90.